The molecule has 2 aromatic heterocycles. The first kappa shape index (κ1) is 13.0. The van der Waals surface area contributed by atoms with E-state index in [0.29, 0.717) is 6.54 Å². The van der Waals surface area contributed by atoms with Crippen LogP contribution in [0.1, 0.15) is 5.76 Å². The van der Waals surface area contributed by atoms with Crippen LogP contribution in [0.3, 0.4) is 0 Å². The van der Waals surface area contributed by atoms with Gasteiger partial charge in [-0.25, -0.2) is 0 Å². The lowest BCUT2D eigenvalue weighted by Crippen LogP contribution is -2.44. The van der Waals surface area contributed by atoms with Gasteiger partial charge in [-0.3, -0.25) is 4.90 Å². The van der Waals surface area contributed by atoms with Crippen LogP contribution in [0.25, 0.3) is 0 Å². The maximum absolute atomic E-state index is 5.75. The fourth-order valence-electron chi connectivity index (χ4n) is 2.21. The third-order valence-electron chi connectivity index (χ3n) is 3.18. The van der Waals surface area contributed by atoms with Crippen LogP contribution in [-0.2, 0) is 11.3 Å². The van der Waals surface area contributed by atoms with Gasteiger partial charge >= 0.3 is 0 Å². The first-order valence-electron chi connectivity index (χ1n) is 6.65. The van der Waals surface area contributed by atoms with Crippen molar-refractivity contribution in [2.24, 2.45) is 0 Å². The second kappa shape index (κ2) is 6.44. The van der Waals surface area contributed by atoms with Crippen molar-refractivity contribution in [1.29, 1.82) is 0 Å². The Bertz CT molecular complexity index is 505. The molecule has 0 spiro atoms. The summed E-state index contributed by atoms with van der Waals surface area (Å²) in [7, 11) is 0. The molecule has 0 amide bonds. The highest BCUT2D eigenvalue weighted by Crippen LogP contribution is 2.10. The highest BCUT2D eigenvalue weighted by Gasteiger charge is 2.21. The Morgan fingerprint density at radius 3 is 3.15 bits per heavy atom. The highest BCUT2D eigenvalue weighted by molar-refractivity contribution is 5.31. The average molecular weight is 275 g/mol. The minimum atomic E-state index is 0.133. The number of rotatable bonds is 5. The lowest BCUT2D eigenvalue weighted by Gasteiger charge is -2.32. The minimum absolute atomic E-state index is 0.133. The van der Waals surface area contributed by atoms with E-state index in [1.54, 1.807) is 12.4 Å². The molecule has 0 aliphatic carbocycles. The summed E-state index contributed by atoms with van der Waals surface area (Å²) in [5, 5.41) is 14.8. The monoisotopic (exact) mass is 275 g/mol. The molecule has 3 rings (SSSR count). The van der Waals surface area contributed by atoms with Gasteiger partial charge in [-0.05, 0) is 12.1 Å². The second-order valence-corrected chi connectivity index (χ2v) is 4.70. The Balaban J connectivity index is 1.48. The lowest BCUT2D eigenvalue weighted by molar-refractivity contribution is -0.0263. The van der Waals surface area contributed by atoms with E-state index in [9.17, 15) is 0 Å². The molecule has 2 aromatic rings. The molecule has 7 heteroatoms. The Morgan fingerprint density at radius 2 is 2.35 bits per heavy atom. The molecular weight excluding hydrogens is 258 g/mol. The SMILES string of the molecule is c1cnnc(NC[C@H]2CN(Cc3ccno3)CCO2)c1. The summed E-state index contributed by atoms with van der Waals surface area (Å²) in [5.41, 5.74) is 0. The van der Waals surface area contributed by atoms with E-state index in [-0.39, 0.29) is 6.10 Å². The zero-order valence-corrected chi connectivity index (χ0v) is 11.1. The Morgan fingerprint density at radius 1 is 1.35 bits per heavy atom. The summed E-state index contributed by atoms with van der Waals surface area (Å²) in [6.07, 6.45) is 3.46. The van der Waals surface area contributed by atoms with Crippen LogP contribution in [0.2, 0.25) is 0 Å². The van der Waals surface area contributed by atoms with Crippen molar-refractivity contribution < 1.29 is 9.26 Å². The van der Waals surface area contributed by atoms with Gasteiger partial charge in [-0.1, -0.05) is 5.16 Å². The first-order chi connectivity index (χ1) is 9.90. The number of ether oxygens (including phenoxy) is 1. The van der Waals surface area contributed by atoms with Gasteiger partial charge in [-0.15, -0.1) is 5.10 Å². The van der Waals surface area contributed by atoms with Crippen molar-refractivity contribution in [3.8, 4) is 0 Å². The van der Waals surface area contributed by atoms with Crippen LogP contribution in [0.4, 0.5) is 5.82 Å². The predicted molar refractivity (Wildman–Crippen MR) is 72.0 cm³/mol. The standard InChI is InChI=1S/C13H17N5O2/c1-2-13(17-15-4-1)14-8-12-10-18(6-7-19-12)9-11-3-5-16-20-11/h1-5,12H,6-10H2,(H,14,17)/t12-/m0/s1. The number of anilines is 1. The molecule has 0 radical (unpaired) electrons. The van der Waals surface area contributed by atoms with Crippen molar-refractivity contribution in [2.75, 3.05) is 31.6 Å². The molecule has 20 heavy (non-hydrogen) atoms. The molecule has 3 heterocycles. The number of hydrogen-bond acceptors (Lipinski definition) is 7. The molecule has 7 nitrogen and oxygen atoms in total. The lowest BCUT2D eigenvalue weighted by atomic mass is 10.2. The molecular formula is C13H17N5O2. The van der Waals surface area contributed by atoms with Gasteiger partial charge in [0.25, 0.3) is 0 Å². The number of aromatic nitrogens is 3. The summed E-state index contributed by atoms with van der Waals surface area (Å²) < 4.78 is 10.9. The van der Waals surface area contributed by atoms with E-state index in [1.165, 1.54) is 0 Å². The fourth-order valence-corrected chi connectivity index (χ4v) is 2.21. The van der Waals surface area contributed by atoms with Crippen molar-refractivity contribution in [3.63, 3.8) is 0 Å². The molecule has 0 bridgehead atoms. The number of nitrogens with one attached hydrogen (secondary N) is 1. The zero-order chi connectivity index (χ0) is 13.6. The smallest absolute Gasteiger partial charge is 0.150 e. The highest BCUT2D eigenvalue weighted by atomic mass is 16.5. The van der Waals surface area contributed by atoms with Crippen LogP contribution in [0.5, 0.6) is 0 Å². The van der Waals surface area contributed by atoms with Gasteiger partial charge in [0.2, 0.25) is 0 Å². The molecule has 0 unspecified atom stereocenters. The van der Waals surface area contributed by atoms with E-state index in [2.05, 4.69) is 25.6 Å². The van der Waals surface area contributed by atoms with Crippen molar-refractivity contribution in [1.82, 2.24) is 20.3 Å². The van der Waals surface area contributed by atoms with Crippen LogP contribution in [0, 0.1) is 0 Å². The third kappa shape index (κ3) is 3.52. The van der Waals surface area contributed by atoms with E-state index < -0.39 is 0 Å². The third-order valence-corrected chi connectivity index (χ3v) is 3.18. The molecule has 1 saturated heterocycles. The van der Waals surface area contributed by atoms with Gasteiger partial charge in [-0.2, -0.15) is 5.10 Å². The van der Waals surface area contributed by atoms with E-state index in [0.717, 1.165) is 37.8 Å². The van der Waals surface area contributed by atoms with Crippen molar-refractivity contribution in [2.45, 2.75) is 12.6 Å². The predicted octanol–water partition coefficient (Wildman–Crippen LogP) is 0.777. The Labute approximate surface area is 116 Å². The molecule has 1 atom stereocenters. The number of nitrogens with zero attached hydrogens (tertiary/aromatic N) is 4. The molecule has 0 aromatic carbocycles. The van der Waals surface area contributed by atoms with E-state index >= 15 is 0 Å². The average Bonchev–Trinajstić information content (AvgIpc) is 3.00. The number of hydrogen-bond donors (Lipinski definition) is 1. The molecule has 1 aliphatic rings. The molecule has 1 aliphatic heterocycles. The van der Waals surface area contributed by atoms with Gasteiger partial charge in [0, 0.05) is 31.9 Å². The molecule has 106 valence electrons. The minimum Gasteiger partial charge on any atom is -0.374 e. The quantitative estimate of drug-likeness (QED) is 0.864. The van der Waals surface area contributed by atoms with Gasteiger partial charge < -0.3 is 14.6 Å². The largest absolute Gasteiger partial charge is 0.374 e. The summed E-state index contributed by atoms with van der Waals surface area (Å²) >= 11 is 0. The van der Waals surface area contributed by atoms with Crippen LogP contribution in [-0.4, -0.2) is 52.6 Å². The van der Waals surface area contributed by atoms with E-state index in [4.69, 9.17) is 9.26 Å². The van der Waals surface area contributed by atoms with Crippen molar-refractivity contribution >= 4 is 5.82 Å². The summed E-state index contributed by atoms with van der Waals surface area (Å²) in [4.78, 5) is 2.30. The summed E-state index contributed by atoms with van der Waals surface area (Å²) in [6.45, 7) is 3.97. The fraction of sp³-hybridized carbons (Fsp3) is 0.462. The molecule has 1 N–H and O–H groups in total. The van der Waals surface area contributed by atoms with Crippen LogP contribution < -0.4 is 5.32 Å². The Hall–Kier alpha value is -1.99. The summed E-state index contributed by atoms with van der Waals surface area (Å²) in [6, 6.07) is 5.64. The topological polar surface area (TPSA) is 76.3 Å². The van der Waals surface area contributed by atoms with Crippen molar-refractivity contribution in [3.05, 3.63) is 36.4 Å². The summed E-state index contributed by atoms with van der Waals surface area (Å²) in [5.74, 6) is 1.65. The van der Waals surface area contributed by atoms with E-state index in [1.807, 2.05) is 18.2 Å². The number of morpholine rings is 1. The second-order valence-electron chi connectivity index (χ2n) is 4.70. The van der Waals surface area contributed by atoms with Gasteiger partial charge in [0.1, 0.15) is 5.82 Å². The Kier molecular flexibility index (Phi) is 4.19. The normalized spacial score (nSPS) is 19.9. The first-order valence-corrected chi connectivity index (χ1v) is 6.65. The maximum atomic E-state index is 5.75. The van der Waals surface area contributed by atoms with Gasteiger partial charge in [0.05, 0.1) is 25.5 Å². The van der Waals surface area contributed by atoms with Crippen LogP contribution in [0.15, 0.2) is 35.1 Å². The maximum Gasteiger partial charge on any atom is 0.150 e. The molecule has 0 saturated carbocycles. The van der Waals surface area contributed by atoms with Crippen LogP contribution >= 0.6 is 0 Å². The molecule has 1 fully saturated rings. The zero-order valence-electron chi connectivity index (χ0n) is 11.1. The van der Waals surface area contributed by atoms with Gasteiger partial charge in [0.15, 0.2) is 5.76 Å².